The van der Waals surface area contributed by atoms with Gasteiger partial charge in [-0.15, -0.1) is 0 Å². The largest absolute Gasteiger partial charge is 0.336 e. The quantitative estimate of drug-likeness (QED) is 0.417. The van der Waals surface area contributed by atoms with E-state index in [0.29, 0.717) is 6.04 Å². The van der Waals surface area contributed by atoms with E-state index in [9.17, 15) is 0 Å². The molecule has 0 bridgehead atoms. The van der Waals surface area contributed by atoms with Crippen LogP contribution in [0, 0.1) is 6.92 Å². The van der Waals surface area contributed by atoms with Gasteiger partial charge < -0.3 is 4.57 Å². The molecule has 0 saturated heterocycles. The van der Waals surface area contributed by atoms with E-state index in [1.165, 1.54) is 45.3 Å². The second kappa shape index (κ2) is 5.63. The fourth-order valence-corrected chi connectivity index (χ4v) is 4.35. The zero-order chi connectivity index (χ0) is 16.8. The standard InChI is InChI=1S/C24H21N/c1-17-11-13-18(14-12-17)21-15-16-23-24(19-7-3-2-4-8-19)20-9-5-6-10-22(20)25(21)23/h2-14,21H,15-16H2,1H3. The van der Waals surface area contributed by atoms with Gasteiger partial charge in [0.15, 0.2) is 0 Å². The lowest BCUT2D eigenvalue weighted by Gasteiger charge is -2.16. The Bertz CT molecular complexity index is 1040. The first-order valence-electron chi connectivity index (χ1n) is 9.07. The molecule has 2 heterocycles. The number of nitrogens with zero attached hydrogens (tertiary/aromatic N) is 1. The van der Waals surface area contributed by atoms with Crippen LogP contribution in [0.4, 0.5) is 0 Å². The molecule has 1 unspecified atom stereocenters. The molecule has 0 amide bonds. The maximum atomic E-state index is 2.59. The van der Waals surface area contributed by atoms with Crippen molar-refractivity contribution in [3.63, 3.8) is 0 Å². The van der Waals surface area contributed by atoms with E-state index >= 15 is 0 Å². The molecule has 1 nitrogen and oxygen atoms in total. The van der Waals surface area contributed by atoms with Crippen LogP contribution in [0.2, 0.25) is 0 Å². The Morgan fingerprint density at radius 3 is 2.32 bits per heavy atom. The highest BCUT2D eigenvalue weighted by atomic mass is 15.1. The van der Waals surface area contributed by atoms with Gasteiger partial charge in [-0.25, -0.2) is 0 Å². The number of benzene rings is 3. The monoisotopic (exact) mass is 323 g/mol. The van der Waals surface area contributed by atoms with E-state index in [1.807, 2.05) is 0 Å². The summed E-state index contributed by atoms with van der Waals surface area (Å²) in [6.07, 6.45) is 2.32. The molecule has 1 aliphatic rings. The molecule has 4 aromatic rings. The molecular weight excluding hydrogens is 302 g/mol. The minimum absolute atomic E-state index is 0.443. The molecule has 1 atom stereocenters. The molecule has 5 rings (SSSR count). The molecule has 3 aromatic carbocycles. The van der Waals surface area contributed by atoms with E-state index in [2.05, 4.69) is 90.4 Å². The highest BCUT2D eigenvalue weighted by Crippen LogP contribution is 2.44. The number of para-hydroxylation sites is 1. The third kappa shape index (κ3) is 2.23. The first kappa shape index (κ1) is 14.5. The van der Waals surface area contributed by atoms with E-state index in [1.54, 1.807) is 0 Å². The zero-order valence-electron chi connectivity index (χ0n) is 14.4. The van der Waals surface area contributed by atoms with Gasteiger partial charge in [0.2, 0.25) is 0 Å². The predicted octanol–water partition coefficient (Wildman–Crippen LogP) is 6.15. The van der Waals surface area contributed by atoms with Crippen LogP contribution in [-0.4, -0.2) is 4.57 Å². The zero-order valence-corrected chi connectivity index (χ0v) is 14.4. The third-order valence-corrected chi connectivity index (χ3v) is 5.50. The van der Waals surface area contributed by atoms with E-state index < -0.39 is 0 Å². The van der Waals surface area contributed by atoms with Crippen LogP contribution in [0.25, 0.3) is 22.0 Å². The summed E-state index contributed by atoms with van der Waals surface area (Å²) < 4.78 is 2.59. The smallest absolute Gasteiger partial charge is 0.0592 e. The predicted molar refractivity (Wildman–Crippen MR) is 105 cm³/mol. The average Bonchev–Trinajstić information content (AvgIpc) is 3.21. The van der Waals surface area contributed by atoms with Gasteiger partial charge in [-0.3, -0.25) is 0 Å². The first-order chi connectivity index (χ1) is 12.3. The second-order valence-corrected chi connectivity index (χ2v) is 7.04. The van der Waals surface area contributed by atoms with Crippen LogP contribution >= 0.6 is 0 Å². The minimum Gasteiger partial charge on any atom is -0.336 e. The van der Waals surface area contributed by atoms with Crippen molar-refractivity contribution in [2.75, 3.05) is 0 Å². The normalized spacial score (nSPS) is 16.3. The molecule has 122 valence electrons. The Balaban J connectivity index is 1.76. The number of rotatable bonds is 2. The Morgan fingerprint density at radius 1 is 0.800 bits per heavy atom. The summed E-state index contributed by atoms with van der Waals surface area (Å²) in [7, 11) is 0. The summed E-state index contributed by atoms with van der Waals surface area (Å²) in [5.41, 5.74) is 8.34. The summed E-state index contributed by atoms with van der Waals surface area (Å²) in [6, 6.07) is 29.2. The minimum atomic E-state index is 0.443. The number of hydrogen-bond donors (Lipinski definition) is 0. The Morgan fingerprint density at radius 2 is 1.52 bits per heavy atom. The van der Waals surface area contributed by atoms with Gasteiger partial charge in [-0.05, 0) is 37.0 Å². The average molecular weight is 323 g/mol. The SMILES string of the molecule is Cc1ccc(C2CCc3c(-c4ccccc4)c4ccccc4n32)cc1. The van der Waals surface area contributed by atoms with Crippen LogP contribution in [0.3, 0.4) is 0 Å². The molecule has 0 saturated carbocycles. The van der Waals surface area contributed by atoms with Gasteiger partial charge in [0.1, 0.15) is 0 Å². The van der Waals surface area contributed by atoms with Gasteiger partial charge in [0.05, 0.1) is 6.04 Å². The molecule has 0 radical (unpaired) electrons. The van der Waals surface area contributed by atoms with E-state index in [0.717, 1.165) is 6.42 Å². The van der Waals surface area contributed by atoms with Crippen LogP contribution < -0.4 is 0 Å². The summed E-state index contributed by atoms with van der Waals surface area (Å²) >= 11 is 0. The summed E-state index contributed by atoms with van der Waals surface area (Å²) in [6.45, 7) is 2.16. The lowest BCUT2D eigenvalue weighted by Crippen LogP contribution is -2.05. The second-order valence-electron chi connectivity index (χ2n) is 7.04. The third-order valence-electron chi connectivity index (χ3n) is 5.50. The van der Waals surface area contributed by atoms with Crippen LogP contribution in [0.5, 0.6) is 0 Å². The van der Waals surface area contributed by atoms with Gasteiger partial charge in [-0.1, -0.05) is 78.4 Å². The molecule has 1 aromatic heterocycles. The van der Waals surface area contributed by atoms with Crippen molar-refractivity contribution in [3.05, 3.63) is 95.7 Å². The van der Waals surface area contributed by atoms with Crippen LogP contribution in [0.15, 0.2) is 78.9 Å². The van der Waals surface area contributed by atoms with E-state index in [4.69, 9.17) is 0 Å². The molecule has 0 aliphatic carbocycles. The van der Waals surface area contributed by atoms with Crippen molar-refractivity contribution in [1.82, 2.24) is 4.57 Å². The Hall–Kier alpha value is -2.80. The van der Waals surface area contributed by atoms with E-state index in [-0.39, 0.29) is 0 Å². The van der Waals surface area contributed by atoms with Crippen molar-refractivity contribution >= 4 is 10.9 Å². The maximum absolute atomic E-state index is 2.59. The number of aromatic nitrogens is 1. The molecule has 0 N–H and O–H groups in total. The van der Waals surface area contributed by atoms with Gasteiger partial charge >= 0.3 is 0 Å². The maximum Gasteiger partial charge on any atom is 0.0592 e. The fourth-order valence-electron chi connectivity index (χ4n) is 4.35. The fraction of sp³-hybridized carbons (Fsp3) is 0.167. The van der Waals surface area contributed by atoms with Crippen molar-refractivity contribution in [2.24, 2.45) is 0 Å². The lowest BCUT2D eigenvalue weighted by molar-refractivity contribution is 0.638. The highest BCUT2D eigenvalue weighted by Gasteiger charge is 2.29. The number of hydrogen-bond acceptors (Lipinski definition) is 0. The molecule has 25 heavy (non-hydrogen) atoms. The molecule has 1 heteroatoms. The molecular formula is C24H21N. The van der Waals surface area contributed by atoms with Gasteiger partial charge in [0, 0.05) is 22.2 Å². The molecule has 1 aliphatic heterocycles. The van der Waals surface area contributed by atoms with Gasteiger partial charge in [0.25, 0.3) is 0 Å². The number of aryl methyl sites for hydroxylation is 1. The first-order valence-corrected chi connectivity index (χ1v) is 9.07. The highest BCUT2D eigenvalue weighted by molar-refractivity contribution is 5.98. The summed E-state index contributed by atoms with van der Waals surface area (Å²) in [5.74, 6) is 0. The Kier molecular flexibility index (Phi) is 3.27. The summed E-state index contributed by atoms with van der Waals surface area (Å²) in [5, 5.41) is 1.38. The van der Waals surface area contributed by atoms with Crippen molar-refractivity contribution in [3.8, 4) is 11.1 Å². The van der Waals surface area contributed by atoms with Gasteiger partial charge in [-0.2, -0.15) is 0 Å². The van der Waals surface area contributed by atoms with Crippen LogP contribution in [0.1, 0.15) is 29.3 Å². The lowest BCUT2D eigenvalue weighted by atomic mass is 9.98. The number of fused-ring (bicyclic) bond motifs is 3. The van der Waals surface area contributed by atoms with Crippen molar-refractivity contribution in [2.45, 2.75) is 25.8 Å². The summed E-state index contributed by atoms with van der Waals surface area (Å²) in [4.78, 5) is 0. The van der Waals surface area contributed by atoms with Crippen molar-refractivity contribution in [1.29, 1.82) is 0 Å². The molecule has 0 fully saturated rings. The Labute approximate surface area is 148 Å². The van der Waals surface area contributed by atoms with Crippen LogP contribution in [-0.2, 0) is 6.42 Å². The van der Waals surface area contributed by atoms with Crippen molar-refractivity contribution < 1.29 is 0 Å². The topological polar surface area (TPSA) is 4.93 Å². The molecule has 0 spiro atoms.